The minimum atomic E-state index is -0.917. The molecular formula is C22H20Cl2N2O4. The standard InChI is InChI=1S/C22H20Cl2N2O4/c1-13(22(28)29)8-17(26-21(27)20-11-25-12-30-20)9-14-2-4-15(5-3-14)18-10-16(23)6-7-19(18)24/h2-7,10-13,17H,8-9H2,1H3,(H,26,27)(H,28,29)/t13-,17?/m1/s1. The van der Waals surface area contributed by atoms with E-state index in [0.29, 0.717) is 16.5 Å². The van der Waals surface area contributed by atoms with Crippen LogP contribution in [-0.2, 0) is 11.2 Å². The van der Waals surface area contributed by atoms with Gasteiger partial charge < -0.3 is 14.8 Å². The molecule has 6 nitrogen and oxygen atoms in total. The second kappa shape index (κ2) is 9.78. The number of aromatic nitrogens is 1. The first kappa shape index (κ1) is 21.9. The molecule has 0 radical (unpaired) electrons. The van der Waals surface area contributed by atoms with Gasteiger partial charge in [0, 0.05) is 21.7 Å². The molecule has 3 rings (SSSR count). The monoisotopic (exact) mass is 446 g/mol. The molecular weight excluding hydrogens is 427 g/mol. The fourth-order valence-corrected chi connectivity index (χ4v) is 3.53. The number of nitrogens with one attached hydrogen (secondary N) is 1. The highest BCUT2D eigenvalue weighted by Gasteiger charge is 2.22. The lowest BCUT2D eigenvalue weighted by molar-refractivity contribution is -0.141. The van der Waals surface area contributed by atoms with Crippen LogP contribution in [0.2, 0.25) is 10.0 Å². The number of carboxylic acid groups (broad SMARTS) is 1. The number of nitrogens with zero attached hydrogens (tertiary/aromatic N) is 1. The number of amides is 1. The minimum absolute atomic E-state index is 0.0777. The van der Waals surface area contributed by atoms with Crippen molar-refractivity contribution in [2.24, 2.45) is 5.92 Å². The second-order valence-electron chi connectivity index (χ2n) is 7.04. The molecule has 30 heavy (non-hydrogen) atoms. The summed E-state index contributed by atoms with van der Waals surface area (Å²) in [5.41, 5.74) is 2.68. The zero-order valence-electron chi connectivity index (χ0n) is 16.1. The van der Waals surface area contributed by atoms with Crippen LogP contribution in [0.15, 0.2) is 59.5 Å². The van der Waals surface area contributed by atoms with Crippen LogP contribution in [-0.4, -0.2) is 28.0 Å². The molecule has 1 amide bonds. The lowest BCUT2D eigenvalue weighted by atomic mass is 9.95. The number of carbonyl (C=O) groups excluding carboxylic acids is 1. The van der Waals surface area contributed by atoms with Gasteiger partial charge in [0.1, 0.15) is 0 Å². The van der Waals surface area contributed by atoms with Gasteiger partial charge in [-0.15, -0.1) is 0 Å². The molecule has 0 spiro atoms. The van der Waals surface area contributed by atoms with E-state index >= 15 is 0 Å². The van der Waals surface area contributed by atoms with Gasteiger partial charge in [-0.3, -0.25) is 9.59 Å². The van der Waals surface area contributed by atoms with Gasteiger partial charge in [0.05, 0.1) is 12.1 Å². The average molecular weight is 447 g/mol. The minimum Gasteiger partial charge on any atom is -0.481 e. The summed E-state index contributed by atoms with van der Waals surface area (Å²) in [5, 5.41) is 13.3. The molecule has 0 saturated heterocycles. The van der Waals surface area contributed by atoms with Crippen LogP contribution >= 0.6 is 23.2 Å². The van der Waals surface area contributed by atoms with E-state index < -0.39 is 23.8 Å². The Hall–Kier alpha value is -2.83. The summed E-state index contributed by atoms with van der Waals surface area (Å²) >= 11 is 12.3. The van der Waals surface area contributed by atoms with Gasteiger partial charge in [0.2, 0.25) is 5.76 Å². The molecule has 0 aliphatic carbocycles. The lowest BCUT2D eigenvalue weighted by Gasteiger charge is -2.20. The first-order chi connectivity index (χ1) is 14.3. The summed E-state index contributed by atoms with van der Waals surface area (Å²) < 4.78 is 5.02. The molecule has 0 saturated carbocycles. The van der Waals surface area contributed by atoms with Crippen molar-refractivity contribution in [1.29, 1.82) is 0 Å². The molecule has 0 aliphatic rings. The van der Waals surface area contributed by atoms with Crippen molar-refractivity contribution < 1.29 is 19.1 Å². The smallest absolute Gasteiger partial charge is 0.306 e. The molecule has 2 atom stereocenters. The first-order valence-corrected chi connectivity index (χ1v) is 10.1. The van der Waals surface area contributed by atoms with Crippen molar-refractivity contribution >= 4 is 35.1 Å². The Morgan fingerprint density at radius 3 is 2.53 bits per heavy atom. The van der Waals surface area contributed by atoms with Gasteiger partial charge in [-0.2, -0.15) is 0 Å². The van der Waals surface area contributed by atoms with Gasteiger partial charge >= 0.3 is 5.97 Å². The number of carboxylic acids is 1. The molecule has 2 N–H and O–H groups in total. The van der Waals surface area contributed by atoms with Crippen molar-refractivity contribution in [2.45, 2.75) is 25.8 Å². The van der Waals surface area contributed by atoms with Crippen molar-refractivity contribution in [3.63, 3.8) is 0 Å². The third kappa shape index (κ3) is 5.62. The number of oxazole rings is 1. The number of benzene rings is 2. The van der Waals surface area contributed by atoms with E-state index in [4.69, 9.17) is 27.6 Å². The van der Waals surface area contributed by atoms with E-state index in [9.17, 15) is 14.7 Å². The number of rotatable bonds is 8. The maximum Gasteiger partial charge on any atom is 0.306 e. The van der Waals surface area contributed by atoms with Gasteiger partial charge in [-0.25, -0.2) is 4.98 Å². The molecule has 0 fully saturated rings. The number of carbonyl (C=O) groups is 2. The molecule has 3 aromatic rings. The van der Waals surface area contributed by atoms with Crippen LogP contribution in [0.4, 0.5) is 0 Å². The van der Waals surface area contributed by atoms with E-state index in [1.54, 1.807) is 25.1 Å². The third-order valence-electron chi connectivity index (χ3n) is 4.73. The highest BCUT2D eigenvalue weighted by Crippen LogP contribution is 2.30. The van der Waals surface area contributed by atoms with Gasteiger partial charge in [0.15, 0.2) is 6.39 Å². The Morgan fingerprint density at radius 2 is 1.90 bits per heavy atom. The van der Waals surface area contributed by atoms with E-state index in [1.165, 1.54) is 12.6 Å². The number of hydrogen-bond donors (Lipinski definition) is 2. The molecule has 1 aromatic heterocycles. The SMILES string of the molecule is C[C@H](CC(Cc1ccc(-c2cc(Cl)ccc2Cl)cc1)NC(=O)c1cnco1)C(=O)O. The predicted molar refractivity (Wildman–Crippen MR) is 115 cm³/mol. The zero-order valence-corrected chi connectivity index (χ0v) is 17.7. The van der Waals surface area contributed by atoms with Crippen molar-refractivity contribution in [3.05, 3.63) is 76.4 Å². The van der Waals surface area contributed by atoms with Crippen molar-refractivity contribution in [2.75, 3.05) is 0 Å². The molecule has 0 aliphatic heterocycles. The third-order valence-corrected chi connectivity index (χ3v) is 5.29. The van der Waals surface area contributed by atoms with Crippen molar-refractivity contribution in [1.82, 2.24) is 10.3 Å². The van der Waals surface area contributed by atoms with Crippen LogP contribution in [0.5, 0.6) is 0 Å². The summed E-state index contributed by atoms with van der Waals surface area (Å²) in [7, 11) is 0. The van der Waals surface area contributed by atoms with Gasteiger partial charge in [0.25, 0.3) is 5.91 Å². The Bertz CT molecular complexity index is 1020. The van der Waals surface area contributed by atoms with Crippen LogP contribution in [0.1, 0.15) is 29.5 Å². The lowest BCUT2D eigenvalue weighted by Crippen LogP contribution is -2.38. The van der Waals surface area contributed by atoms with E-state index in [1.807, 2.05) is 24.3 Å². The molecule has 156 valence electrons. The van der Waals surface area contributed by atoms with Crippen molar-refractivity contribution in [3.8, 4) is 11.1 Å². The molecule has 8 heteroatoms. The molecule has 1 unspecified atom stereocenters. The predicted octanol–water partition coefficient (Wildman–Crippen LogP) is 5.10. The van der Waals surface area contributed by atoms with Gasteiger partial charge in [-0.1, -0.05) is 54.4 Å². The first-order valence-electron chi connectivity index (χ1n) is 9.30. The maximum absolute atomic E-state index is 12.3. The largest absolute Gasteiger partial charge is 0.481 e. The fourth-order valence-electron chi connectivity index (χ4n) is 3.13. The summed E-state index contributed by atoms with van der Waals surface area (Å²) in [6.07, 6.45) is 3.22. The maximum atomic E-state index is 12.3. The topological polar surface area (TPSA) is 92.4 Å². The number of halogens is 2. The summed E-state index contributed by atoms with van der Waals surface area (Å²) in [5.74, 6) is -1.89. The van der Waals surface area contributed by atoms with Gasteiger partial charge in [-0.05, 0) is 42.2 Å². The van der Waals surface area contributed by atoms with E-state index in [-0.39, 0.29) is 12.2 Å². The van der Waals surface area contributed by atoms with Crippen LogP contribution in [0.3, 0.4) is 0 Å². The average Bonchev–Trinajstić information content (AvgIpc) is 3.25. The normalized spacial score (nSPS) is 12.9. The molecule has 1 heterocycles. The molecule has 2 aromatic carbocycles. The Kier molecular flexibility index (Phi) is 7.13. The highest BCUT2D eigenvalue weighted by atomic mass is 35.5. The fraction of sp³-hybridized carbons (Fsp3) is 0.227. The number of aliphatic carboxylic acids is 1. The van der Waals surface area contributed by atoms with Crippen LogP contribution < -0.4 is 5.32 Å². The van der Waals surface area contributed by atoms with Crippen LogP contribution in [0, 0.1) is 5.92 Å². The summed E-state index contributed by atoms with van der Waals surface area (Å²) in [4.78, 5) is 27.4. The Balaban J connectivity index is 1.76. The van der Waals surface area contributed by atoms with E-state index in [2.05, 4.69) is 10.3 Å². The summed E-state index contributed by atoms with van der Waals surface area (Å²) in [6.45, 7) is 1.61. The second-order valence-corrected chi connectivity index (χ2v) is 7.88. The quantitative estimate of drug-likeness (QED) is 0.501. The Labute approximate surface area is 183 Å². The zero-order chi connectivity index (χ0) is 21.7. The van der Waals surface area contributed by atoms with Crippen LogP contribution in [0.25, 0.3) is 11.1 Å². The summed E-state index contributed by atoms with van der Waals surface area (Å²) in [6, 6.07) is 12.6. The molecule has 0 bridgehead atoms. The number of hydrogen-bond acceptors (Lipinski definition) is 4. The van der Waals surface area contributed by atoms with E-state index in [0.717, 1.165) is 16.7 Å². The highest BCUT2D eigenvalue weighted by molar-refractivity contribution is 6.35. The Morgan fingerprint density at radius 1 is 1.17 bits per heavy atom.